The van der Waals surface area contributed by atoms with E-state index in [1.807, 2.05) is 24.3 Å². The van der Waals surface area contributed by atoms with E-state index in [1.165, 1.54) is 19.4 Å². The fraction of sp³-hybridized carbons (Fsp3) is 0.258. The predicted molar refractivity (Wildman–Crippen MR) is 178 cm³/mol. The van der Waals surface area contributed by atoms with Gasteiger partial charge in [-0.15, -0.1) is 0 Å². The summed E-state index contributed by atoms with van der Waals surface area (Å²) in [5.74, 6) is 0.0769. The van der Waals surface area contributed by atoms with Gasteiger partial charge in [-0.05, 0) is 71.2 Å². The molecular weight excluding hydrogens is 746 g/mol. The molecule has 1 heterocycles. The van der Waals surface area contributed by atoms with Crippen molar-refractivity contribution in [1.29, 1.82) is 0 Å². The molecule has 0 radical (unpaired) electrons. The zero-order valence-corrected chi connectivity index (χ0v) is 28.6. The third-order valence-electron chi connectivity index (χ3n) is 6.65. The number of nitrogens with one attached hydrogen (secondary N) is 3. The molecule has 0 fully saturated rings. The van der Waals surface area contributed by atoms with Gasteiger partial charge in [0.2, 0.25) is 5.75 Å². The number of nitro benzene ring substituents is 1. The van der Waals surface area contributed by atoms with Gasteiger partial charge < -0.3 is 34.7 Å². The van der Waals surface area contributed by atoms with Gasteiger partial charge in [-0.2, -0.15) is 5.10 Å². The van der Waals surface area contributed by atoms with Crippen molar-refractivity contribution in [1.82, 2.24) is 16.1 Å². The summed E-state index contributed by atoms with van der Waals surface area (Å²) in [7, 11) is 1.25. The number of ether oxygens (including phenoxy) is 4. The molecule has 4 rings (SSSR count). The Hall–Kier alpha value is -4.67. The lowest BCUT2D eigenvalue weighted by atomic mass is 9.95. The molecular formula is C31H31Br2N5O9. The summed E-state index contributed by atoms with van der Waals surface area (Å²) in [5.41, 5.74) is 4.60. The van der Waals surface area contributed by atoms with Crippen LogP contribution in [0.15, 0.2) is 79.9 Å². The molecule has 0 spiro atoms. The van der Waals surface area contributed by atoms with Crippen molar-refractivity contribution in [3.05, 3.63) is 102 Å². The number of urea groups is 1. The lowest BCUT2D eigenvalue weighted by Crippen LogP contribution is -2.45. The summed E-state index contributed by atoms with van der Waals surface area (Å²) >= 11 is 6.71. The number of aliphatic hydroxyl groups is 1. The van der Waals surface area contributed by atoms with Crippen LogP contribution in [0.25, 0.3) is 0 Å². The highest BCUT2D eigenvalue weighted by Crippen LogP contribution is 2.37. The highest BCUT2D eigenvalue weighted by molar-refractivity contribution is 9.10. The molecule has 0 saturated carbocycles. The topological polar surface area (TPSA) is 183 Å². The maximum absolute atomic E-state index is 12.4. The Labute approximate surface area is 286 Å². The summed E-state index contributed by atoms with van der Waals surface area (Å²) in [6, 6.07) is 13.9. The molecule has 16 heteroatoms. The van der Waals surface area contributed by atoms with Crippen LogP contribution in [0, 0.1) is 10.1 Å². The minimum atomic E-state index is -1.27. The van der Waals surface area contributed by atoms with Gasteiger partial charge in [-0.1, -0.05) is 34.1 Å². The summed E-state index contributed by atoms with van der Waals surface area (Å²) < 4.78 is 23.4. The van der Waals surface area contributed by atoms with Crippen LogP contribution in [-0.2, 0) is 16.1 Å². The fourth-order valence-electron chi connectivity index (χ4n) is 4.51. The molecule has 2 atom stereocenters. The number of aliphatic hydroxyl groups excluding tert-OH is 1. The average Bonchev–Trinajstić information content (AvgIpc) is 3.03. The summed E-state index contributed by atoms with van der Waals surface area (Å²) in [4.78, 5) is 35.8. The second kappa shape index (κ2) is 16.2. The number of nitro groups is 1. The largest absolute Gasteiger partial charge is 0.490 e. The van der Waals surface area contributed by atoms with Crippen LogP contribution in [-0.4, -0.2) is 54.8 Å². The monoisotopic (exact) mass is 775 g/mol. The number of carbonyl (C=O) groups is 2. The molecule has 1 aliphatic rings. The van der Waals surface area contributed by atoms with Gasteiger partial charge in [0.05, 0.1) is 40.9 Å². The number of methoxy groups -OCH3 is 1. The third kappa shape index (κ3) is 9.21. The first-order valence-corrected chi connectivity index (χ1v) is 15.7. The zero-order chi connectivity index (χ0) is 34.1. The van der Waals surface area contributed by atoms with Crippen molar-refractivity contribution < 1.29 is 38.6 Å². The van der Waals surface area contributed by atoms with E-state index in [9.17, 15) is 24.8 Å². The van der Waals surface area contributed by atoms with E-state index >= 15 is 0 Å². The van der Waals surface area contributed by atoms with Crippen molar-refractivity contribution in [2.24, 2.45) is 5.10 Å². The van der Waals surface area contributed by atoms with Crippen LogP contribution in [0.5, 0.6) is 17.2 Å². The minimum Gasteiger partial charge on any atom is -0.490 e. The Morgan fingerprint density at radius 3 is 2.55 bits per heavy atom. The zero-order valence-electron chi connectivity index (χ0n) is 25.4. The number of hydrogen-bond donors (Lipinski definition) is 4. The number of amides is 2. The number of nitrogens with zero attached hydrogens (tertiary/aromatic N) is 2. The van der Waals surface area contributed by atoms with Gasteiger partial charge in [0.25, 0.3) is 0 Å². The Bertz CT molecular complexity index is 1700. The SMILES string of the molecule is CCOc1cc([C@@H]2NC(=O)NC(C)=C2C(=O)OC)ccc1OC[C@@H](O)N/N=C/c1cc(Br)c(OCc2ccc(Br)cc2)c([N+](=O)[O-])c1. The normalized spacial score (nSPS) is 15.0. The van der Waals surface area contributed by atoms with Crippen molar-refractivity contribution in [3.63, 3.8) is 0 Å². The third-order valence-corrected chi connectivity index (χ3v) is 7.77. The summed E-state index contributed by atoms with van der Waals surface area (Å²) in [6.07, 6.45) is 0.0364. The molecule has 0 bridgehead atoms. The highest BCUT2D eigenvalue weighted by Gasteiger charge is 2.32. The van der Waals surface area contributed by atoms with Crippen LogP contribution in [0.4, 0.5) is 10.5 Å². The van der Waals surface area contributed by atoms with Crippen LogP contribution >= 0.6 is 31.9 Å². The minimum absolute atomic E-state index is 0.0720. The van der Waals surface area contributed by atoms with E-state index in [0.717, 1.165) is 10.0 Å². The first-order valence-electron chi connectivity index (χ1n) is 14.1. The second-order valence-corrected chi connectivity index (χ2v) is 11.7. The Kier molecular flexibility index (Phi) is 12.2. The second-order valence-electron chi connectivity index (χ2n) is 9.94. The number of hydrazone groups is 1. The van der Waals surface area contributed by atoms with E-state index in [1.54, 1.807) is 38.1 Å². The van der Waals surface area contributed by atoms with E-state index in [2.05, 4.69) is 53.0 Å². The molecule has 4 N–H and O–H groups in total. The number of carbonyl (C=O) groups excluding carboxylic acids is 2. The molecule has 3 aromatic carbocycles. The summed E-state index contributed by atoms with van der Waals surface area (Å²) in [5, 5.41) is 31.5. The van der Waals surface area contributed by atoms with Gasteiger partial charge in [0.1, 0.15) is 13.2 Å². The van der Waals surface area contributed by atoms with Gasteiger partial charge in [-0.25, -0.2) is 9.59 Å². The van der Waals surface area contributed by atoms with Crippen LogP contribution in [0.3, 0.4) is 0 Å². The standard InChI is InChI=1S/C31H31Br2N5O9/c1-4-45-25-13-20(28-27(30(40)44-3)17(2)35-31(41)36-28)7-10-24(25)46-16-26(39)37-34-14-19-11-22(33)29(23(12-19)38(42)43)47-15-18-5-8-21(32)9-6-18/h5-14,26,28,37,39H,4,15-16H2,1-3H3,(H2,35,36,41)/b34-14+/t26-,28+/m1/s1. The lowest BCUT2D eigenvalue weighted by Gasteiger charge is -2.28. The van der Waals surface area contributed by atoms with E-state index in [0.29, 0.717) is 32.8 Å². The quantitative estimate of drug-likeness (QED) is 0.0557. The van der Waals surface area contributed by atoms with Crippen molar-refractivity contribution in [2.45, 2.75) is 32.7 Å². The number of benzene rings is 3. The van der Waals surface area contributed by atoms with Crippen LogP contribution < -0.4 is 30.3 Å². The van der Waals surface area contributed by atoms with Gasteiger partial charge >= 0.3 is 17.7 Å². The Morgan fingerprint density at radius 1 is 1.13 bits per heavy atom. The van der Waals surface area contributed by atoms with Crippen molar-refractivity contribution in [3.8, 4) is 17.2 Å². The average molecular weight is 777 g/mol. The van der Waals surface area contributed by atoms with E-state index < -0.39 is 29.2 Å². The van der Waals surface area contributed by atoms with Crippen LogP contribution in [0.1, 0.15) is 36.6 Å². The number of esters is 1. The fourth-order valence-corrected chi connectivity index (χ4v) is 5.35. The van der Waals surface area contributed by atoms with Crippen molar-refractivity contribution in [2.75, 3.05) is 20.3 Å². The summed E-state index contributed by atoms with van der Waals surface area (Å²) in [6.45, 7) is 3.55. The molecule has 3 aromatic rings. The van der Waals surface area contributed by atoms with E-state index in [-0.39, 0.29) is 36.8 Å². The molecule has 47 heavy (non-hydrogen) atoms. The predicted octanol–water partition coefficient (Wildman–Crippen LogP) is 5.22. The molecule has 2 amide bonds. The molecule has 0 unspecified atom stereocenters. The first-order chi connectivity index (χ1) is 22.5. The molecule has 0 aliphatic carbocycles. The maximum atomic E-state index is 12.4. The number of hydrogen-bond acceptors (Lipinski definition) is 11. The van der Waals surface area contributed by atoms with Gasteiger partial charge in [-0.3, -0.25) is 15.5 Å². The Morgan fingerprint density at radius 2 is 1.87 bits per heavy atom. The molecule has 14 nitrogen and oxygen atoms in total. The molecule has 0 aromatic heterocycles. The van der Waals surface area contributed by atoms with Gasteiger partial charge in [0.15, 0.2) is 17.7 Å². The van der Waals surface area contributed by atoms with E-state index in [4.69, 9.17) is 18.9 Å². The molecule has 1 aliphatic heterocycles. The van der Waals surface area contributed by atoms with Crippen molar-refractivity contribution >= 4 is 55.8 Å². The number of rotatable bonds is 14. The highest BCUT2D eigenvalue weighted by atomic mass is 79.9. The number of halogens is 2. The number of allylic oxidation sites excluding steroid dienone is 1. The lowest BCUT2D eigenvalue weighted by molar-refractivity contribution is -0.386. The van der Waals surface area contributed by atoms with Crippen LogP contribution in [0.2, 0.25) is 0 Å². The first kappa shape index (κ1) is 35.2. The van der Waals surface area contributed by atoms with Gasteiger partial charge in [0, 0.05) is 21.8 Å². The molecule has 0 saturated heterocycles. The maximum Gasteiger partial charge on any atom is 0.337 e. The Balaban J connectivity index is 1.41. The molecule has 248 valence electrons. The smallest absolute Gasteiger partial charge is 0.337 e.